The van der Waals surface area contributed by atoms with Gasteiger partial charge in [0.25, 0.3) is 0 Å². The van der Waals surface area contributed by atoms with Gasteiger partial charge in [-0.25, -0.2) is 8.42 Å². The van der Waals surface area contributed by atoms with E-state index in [4.69, 9.17) is 15.2 Å². The van der Waals surface area contributed by atoms with Crippen LogP contribution in [0.15, 0.2) is 23.1 Å². The standard InChI is InChI=1S/C14H20N2O4S/c15-9-11-2-1-5-16(10-11)21(17,18)12-3-4-13-14(8-12)20-7-6-19-13/h3-4,8,11H,1-2,5-7,9-10,15H2. The molecule has 6 nitrogen and oxygen atoms in total. The van der Waals surface area contributed by atoms with Gasteiger partial charge in [-0.05, 0) is 37.4 Å². The van der Waals surface area contributed by atoms with Gasteiger partial charge in [0.15, 0.2) is 11.5 Å². The first-order valence-electron chi connectivity index (χ1n) is 7.21. The van der Waals surface area contributed by atoms with E-state index < -0.39 is 10.0 Å². The molecule has 2 aliphatic heterocycles. The maximum absolute atomic E-state index is 12.7. The fourth-order valence-electron chi connectivity index (χ4n) is 2.77. The molecule has 1 saturated heterocycles. The summed E-state index contributed by atoms with van der Waals surface area (Å²) in [5.41, 5.74) is 5.68. The third-order valence-corrected chi connectivity index (χ3v) is 5.83. The Morgan fingerprint density at radius 2 is 2.00 bits per heavy atom. The largest absolute Gasteiger partial charge is 0.486 e. The van der Waals surface area contributed by atoms with Gasteiger partial charge in [-0.1, -0.05) is 0 Å². The van der Waals surface area contributed by atoms with Gasteiger partial charge >= 0.3 is 0 Å². The number of hydrogen-bond donors (Lipinski definition) is 1. The average Bonchev–Trinajstić information content (AvgIpc) is 2.54. The molecule has 0 amide bonds. The monoisotopic (exact) mass is 312 g/mol. The highest BCUT2D eigenvalue weighted by Gasteiger charge is 2.30. The third kappa shape index (κ3) is 2.86. The molecule has 1 atom stereocenters. The molecule has 1 aromatic carbocycles. The number of hydrogen-bond acceptors (Lipinski definition) is 5. The molecule has 0 saturated carbocycles. The molecular weight excluding hydrogens is 292 g/mol. The summed E-state index contributed by atoms with van der Waals surface area (Å²) in [4.78, 5) is 0.254. The molecule has 0 aromatic heterocycles. The van der Waals surface area contributed by atoms with Crippen LogP contribution in [-0.2, 0) is 10.0 Å². The molecule has 0 bridgehead atoms. The van der Waals surface area contributed by atoms with E-state index in [9.17, 15) is 8.42 Å². The number of ether oxygens (including phenoxy) is 2. The smallest absolute Gasteiger partial charge is 0.243 e. The van der Waals surface area contributed by atoms with Gasteiger partial charge in [0.05, 0.1) is 4.90 Å². The lowest BCUT2D eigenvalue weighted by Crippen LogP contribution is -2.41. The lowest BCUT2D eigenvalue weighted by atomic mass is 10.0. The summed E-state index contributed by atoms with van der Waals surface area (Å²) in [5, 5.41) is 0. The molecule has 2 aliphatic rings. The van der Waals surface area contributed by atoms with E-state index in [1.54, 1.807) is 18.2 Å². The van der Waals surface area contributed by atoms with Crippen molar-refractivity contribution in [2.45, 2.75) is 17.7 Å². The fraction of sp³-hybridized carbons (Fsp3) is 0.571. The van der Waals surface area contributed by atoms with Gasteiger partial charge < -0.3 is 15.2 Å². The molecule has 116 valence electrons. The normalized spacial score (nSPS) is 23.0. The molecule has 0 spiro atoms. The van der Waals surface area contributed by atoms with E-state index in [-0.39, 0.29) is 10.8 Å². The van der Waals surface area contributed by atoms with Crippen molar-refractivity contribution in [1.82, 2.24) is 4.31 Å². The second kappa shape index (κ2) is 5.82. The van der Waals surface area contributed by atoms with Crippen molar-refractivity contribution in [1.29, 1.82) is 0 Å². The summed E-state index contributed by atoms with van der Waals surface area (Å²) in [6, 6.07) is 4.79. The summed E-state index contributed by atoms with van der Waals surface area (Å²) >= 11 is 0. The Morgan fingerprint density at radius 1 is 1.24 bits per heavy atom. The highest BCUT2D eigenvalue weighted by molar-refractivity contribution is 7.89. The van der Waals surface area contributed by atoms with Crippen molar-refractivity contribution in [2.75, 3.05) is 32.8 Å². The molecule has 1 aromatic rings. The quantitative estimate of drug-likeness (QED) is 0.893. The van der Waals surface area contributed by atoms with Crippen LogP contribution in [-0.4, -0.2) is 45.6 Å². The number of fused-ring (bicyclic) bond motifs is 1. The van der Waals surface area contributed by atoms with Gasteiger partial charge in [0.2, 0.25) is 10.0 Å². The minimum atomic E-state index is -3.50. The number of benzene rings is 1. The molecule has 7 heteroatoms. The van der Waals surface area contributed by atoms with Crippen molar-refractivity contribution < 1.29 is 17.9 Å². The maximum Gasteiger partial charge on any atom is 0.243 e. The second-order valence-corrected chi connectivity index (χ2v) is 7.35. The van der Waals surface area contributed by atoms with Crippen molar-refractivity contribution >= 4 is 10.0 Å². The van der Waals surface area contributed by atoms with Crippen LogP contribution in [0.3, 0.4) is 0 Å². The topological polar surface area (TPSA) is 81.9 Å². The fourth-order valence-corrected chi connectivity index (χ4v) is 4.34. The lowest BCUT2D eigenvalue weighted by Gasteiger charge is -2.31. The molecule has 0 aliphatic carbocycles. The van der Waals surface area contributed by atoms with Crippen LogP contribution in [0.4, 0.5) is 0 Å². The van der Waals surface area contributed by atoms with E-state index in [1.165, 1.54) is 4.31 Å². The van der Waals surface area contributed by atoms with Gasteiger partial charge in [-0.3, -0.25) is 0 Å². The van der Waals surface area contributed by atoms with Crippen LogP contribution in [0, 0.1) is 5.92 Å². The third-order valence-electron chi connectivity index (χ3n) is 3.97. The number of sulfonamides is 1. The van der Waals surface area contributed by atoms with Crippen molar-refractivity contribution in [3.8, 4) is 11.5 Å². The molecule has 0 radical (unpaired) electrons. The molecule has 1 fully saturated rings. The summed E-state index contributed by atoms with van der Waals surface area (Å²) in [7, 11) is -3.50. The van der Waals surface area contributed by atoms with Crippen LogP contribution in [0.5, 0.6) is 11.5 Å². The van der Waals surface area contributed by atoms with E-state index >= 15 is 0 Å². The number of nitrogens with two attached hydrogens (primary N) is 1. The first-order chi connectivity index (χ1) is 10.1. The Labute approximate surface area is 124 Å². The number of piperidine rings is 1. The van der Waals surface area contributed by atoms with Crippen molar-refractivity contribution in [3.63, 3.8) is 0 Å². The predicted octanol–water partition coefficient (Wildman–Crippen LogP) is 0.817. The van der Waals surface area contributed by atoms with Gasteiger partial charge in [0.1, 0.15) is 13.2 Å². The zero-order valence-electron chi connectivity index (χ0n) is 11.8. The molecule has 21 heavy (non-hydrogen) atoms. The first kappa shape index (κ1) is 14.6. The van der Waals surface area contributed by atoms with E-state index in [0.29, 0.717) is 44.3 Å². The van der Waals surface area contributed by atoms with Gasteiger partial charge in [-0.2, -0.15) is 4.31 Å². The average molecular weight is 312 g/mol. The Bertz CT molecular complexity index is 617. The molecule has 1 unspecified atom stereocenters. The number of rotatable bonds is 3. The SMILES string of the molecule is NCC1CCCN(S(=O)(=O)c2ccc3c(c2)OCCO3)C1. The Kier molecular flexibility index (Phi) is 4.05. The molecule has 2 heterocycles. The maximum atomic E-state index is 12.7. The first-order valence-corrected chi connectivity index (χ1v) is 8.65. The Hall–Kier alpha value is -1.31. The van der Waals surface area contributed by atoms with Crippen molar-refractivity contribution in [2.24, 2.45) is 11.7 Å². The van der Waals surface area contributed by atoms with Crippen LogP contribution in [0.1, 0.15) is 12.8 Å². The van der Waals surface area contributed by atoms with E-state index in [2.05, 4.69) is 0 Å². The predicted molar refractivity (Wildman–Crippen MR) is 78.0 cm³/mol. The van der Waals surface area contributed by atoms with Gasteiger partial charge in [-0.15, -0.1) is 0 Å². The summed E-state index contributed by atoms with van der Waals surface area (Å²) in [5.74, 6) is 1.33. The minimum absolute atomic E-state index is 0.241. The van der Waals surface area contributed by atoms with Crippen LogP contribution in [0.25, 0.3) is 0 Å². The van der Waals surface area contributed by atoms with Crippen LogP contribution in [0.2, 0.25) is 0 Å². The van der Waals surface area contributed by atoms with E-state index in [1.807, 2.05) is 0 Å². The highest BCUT2D eigenvalue weighted by atomic mass is 32.2. The zero-order chi connectivity index (χ0) is 14.9. The van der Waals surface area contributed by atoms with Crippen LogP contribution < -0.4 is 15.2 Å². The van der Waals surface area contributed by atoms with Gasteiger partial charge in [0, 0.05) is 19.2 Å². The summed E-state index contributed by atoms with van der Waals surface area (Å²) in [6.07, 6.45) is 1.84. The molecule has 3 rings (SSSR count). The molecular formula is C14H20N2O4S. The Balaban J connectivity index is 1.87. The summed E-state index contributed by atoms with van der Waals surface area (Å²) < 4.78 is 37.9. The number of nitrogens with zero attached hydrogens (tertiary/aromatic N) is 1. The molecule has 2 N–H and O–H groups in total. The Morgan fingerprint density at radius 3 is 2.76 bits per heavy atom. The second-order valence-electron chi connectivity index (χ2n) is 5.41. The van der Waals surface area contributed by atoms with Crippen molar-refractivity contribution in [3.05, 3.63) is 18.2 Å². The zero-order valence-corrected chi connectivity index (χ0v) is 12.6. The minimum Gasteiger partial charge on any atom is -0.486 e. The van der Waals surface area contributed by atoms with Crippen LogP contribution >= 0.6 is 0 Å². The summed E-state index contributed by atoms with van der Waals surface area (Å²) in [6.45, 7) is 2.49. The lowest BCUT2D eigenvalue weighted by molar-refractivity contribution is 0.171. The highest BCUT2D eigenvalue weighted by Crippen LogP contribution is 2.33. The van der Waals surface area contributed by atoms with E-state index in [0.717, 1.165) is 12.8 Å².